The van der Waals surface area contributed by atoms with Gasteiger partial charge in [-0.3, -0.25) is 10.2 Å². The molecule has 1 aliphatic rings. The summed E-state index contributed by atoms with van der Waals surface area (Å²) in [6, 6.07) is 16.2. The van der Waals surface area contributed by atoms with Crippen LogP contribution in [0.5, 0.6) is 0 Å². The zero-order chi connectivity index (χ0) is 19.5. The molecule has 2 heterocycles. The van der Waals surface area contributed by atoms with Crippen molar-refractivity contribution in [2.75, 3.05) is 11.6 Å². The number of H-pyrrole nitrogens is 1. The van der Waals surface area contributed by atoms with E-state index in [0.717, 1.165) is 16.5 Å². The highest BCUT2D eigenvalue weighted by molar-refractivity contribution is 6.37. The quantitative estimate of drug-likeness (QED) is 0.670. The van der Waals surface area contributed by atoms with Crippen molar-refractivity contribution in [1.29, 1.82) is 0 Å². The summed E-state index contributed by atoms with van der Waals surface area (Å²) in [5.74, 6) is -0.792. The lowest BCUT2D eigenvalue weighted by Gasteiger charge is -2.31. The first-order chi connectivity index (χ1) is 13.7. The predicted octanol–water partition coefficient (Wildman–Crippen LogP) is 2.59. The number of nitrogens with zero attached hydrogens (tertiary/aromatic N) is 2. The molecule has 1 amide bonds. The topological polar surface area (TPSA) is 86.8 Å². The minimum Gasteiger partial charge on any atom is -0.460 e. The lowest BCUT2D eigenvalue weighted by Crippen LogP contribution is -2.57. The molecule has 28 heavy (non-hydrogen) atoms. The van der Waals surface area contributed by atoms with Crippen LogP contribution in [0.3, 0.4) is 0 Å². The van der Waals surface area contributed by atoms with E-state index < -0.39 is 12.0 Å². The summed E-state index contributed by atoms with van der Waals surface area (Å²) < 4.78 is 5.08. The van der Waals surface area contributed by atoms with E-state index >= 15 is 0 Å². The molecule has 4 rings (SSSR count). The number of aromatic nitrogens is 1. The van der Waals surface area contributed by atoms with Gasteiger partial charge in [0.1, 0.15) is 6.04 Å². The Morgan fingerprint density at radius 1 is 1.14 bits per heavy atom. The molecule has 142 valence electrons. The fourth-order valence-electron chi connectivity index (χ4n) is 3.26. The van der Waals surface area contributed by atoms with Crippen LogP contribution in [0.25, 0.3) is 10.9 Å². The van der Waals surface area contributed by atoms with Crippen LogP contribution in [-0.4, -0.2) is 35.3 Å². The van der Waals surface area contributed by atoms with Gasteiger partial charge >= 0.3 is 5.97 Å². The number of hydrogen-bond acceptors (Lipinski definition) is 5. The van der Waals surface area contributed by atoms with Gasteiger partial charge in [0.2, 0.25) is 5.84 Å². The van der Waals surface area contributed by atoms with Gasteiger partial charge in [-0.2, -0.15) is 0 Å². The Morgan fingerprint density at radius 3 is 2.68 bits per heavy atom. The number of benzene rings is 2. The first kappa shape index (κ1) is 17.8. The van der Waals surface area contributed by atoms with E-state index in [1.165, 1.54) is 5.01 Å². The minimum absolute atomic E-state index is 0.0233. The molecule has 1 aliphatic heterocycles. The van der Waals surface area contributed by atoms with Crippen LogP contribution < -0.4 is 10.4 Å². The van der Waals surface area contributed by atoms with E-state index in [4.69, 9.17) is 4.74 Å². The third-order valence-corrected chi connectivity index (χ3v) is 4.58. The summed E-state index contributed by atoms with van der Waals surface area (Å²) in [7, 11) is 0. The second kappa shape index (κ2) is 7.56. The molecule has 0 aliphatic carbocycles. The normalized spacial score (nSPS) is 16.6. The van der Waals surface area contributed by atoms with E-state index in [9.17, 15) is 9.59 Å². The number of rotatable bonds is 5. The van der Waals surface area contributed by atoms with E-state index in [2.05, 4.69) is 15.4 Å². The third-order valence-electron chi connectivity index (χ3n) is 4.58. The summed E-state index contributed by atoms with van der Waals surface area (Å²) >= 11 is 0. The zero-order valence-corrected chi connectivity index (χ0v) is 15.4. The monoisotopic (exact) mass is 376 g/mol. The van der Waals surface area contributed by atoms with Gasteiger partial charge in [-0.1, -0.05) is 36.4 Å². The fraction of sp³-hybridized carbons (Fsp3) is 0.190. The summed E-state index contributed by atoms with van der Waals surface area (Å²) in [6.45, 7) is 1.96. The van der Waals surface area contributed by atoms with Crippen LogP contribution in [-0.2, 0) is 20.7 Å². The van der Waals surface area contributed by atoms with Crippen molar-refractivity contribution in [2.24, 2.45) is 4.99 Å². The smallest absolute Gasteiger partial charge is 0.375 e. The highest BCUT2D eigenvalue weighted by Gasteiger charge is 2.34. The molecule has 1 atom stereocenters. The number of carbonyl (C=O) groups excluding carboxylic acids is 2. The number of nitrogens with one attached hydrogen (secondary N) is 2. The van der Waals surface area contributed by atoms with Gasteiger partial charge in [-0.05, 0) is 30.7 Å². The molecule has 2 N–H and O–H groups in total. The van der Waals surface area contributed by atoms with Gasteiger partial charge in [-0.15, -0.1) is 0 Å². The number of aromatic amines is 1. The number of amides is 1. The number of anilines is 1. The zero-order valence-electron chi connectivity index (χ0n) is 15.4. The van der Waals surface area contributed by atoms with Crippen molar-refractivity contribution < 1.29 is 14.3 Å². The van der Waals surface area contributed by atoms with Crippen molar-refractivity contribution >= 4 is 34.3 Å². The number of esters is 1. The lowest BCUT2D eigenvalue weighted by molar-refractivity contribution is -0.135. The summed E-state index contributed by atoms with van der Waals surface area (Å²) in [6.07, 6.45) is 2.25. The van der Waals surface area contributed by atoms with Gasteiger partial charge in [-0.25, -0.2) is 14.8 Å². The molecule has 2 aromatic carbocycles. The van der Waals surface area contributed by atoms with Crippen molar-refractivity contribution in [2.45, 2.75) is 19.4 Å². The number of amidine groups is 1. The summed E-state index contributed by atoms with van der Waals surface area (Å²) in [4.78, 5) is 33.0. The number of ether oxygens (including phenoxy) is 1. The van der Waals surface area contributed by atoms with E-state index in [1.807, 2.05) is 48.7 Å². The number of carbonyl (C=O) groups is 2. The van der Waals surface area contributed by atoms with Crippen LogP contribution in [0, 0.1) is 0 Å². The molecule has 0 bridgehead atoms. The SMILES string of the molecule is CCOC(=O)C1=NC(Cc2c[nH]c3ccccc23)C(=O)N(c2ccccc2)N1. The average Bonchev–Trinajstić information content (AvgIpc) is 3.13. The average molecular weight is 376 g/mol. The molecule has 0 radical (unpaired) electrons. The molecule has 0 saturated heterocycles. The van der Waals surface area contributed by atoms with Crippen LogP contribution in [0.4, 0.5) is 5.69 Å². The Balaban J connectivity index is 1.69. The number of hydrogen-bond donors (Lipinski definition) is 2. The van der Waals surface area contributed by atoms with E-state index in [1.54, 1.807) is 19.1 Å². The molecule has 7 heteroatoms. The van der Waals surface area contributed by atoms with Gasteiger partial charge in [0.25, 0.3) is 5.91 Å². The Kier molecular flexibility index (Phi) is 4.80. The van der Waals surface area contributed by atoms with Gasteiger partial charge < -0.3 is 9.72 Å². The lowest BCUT2D eigenvalue weighted by atomic mass is 10.0. The summed E-state index contributed by atoms with van der Waals surface area (Å²) in [5, 5.41) is 2.40. The number of fused-ring (bicyclic) bond motifs is 1. The van der Waals surface area contributed by atoms with Crippen molar-refractivity contribution in [3.8, 4) is 0 Å². The predicted molar refractivity (Wildman–Crippen MR) is 107 cm³/mol. The van der Waals surface area contributed by atoms with Crippen molar-refractivity contribution in [3.05, 3.63) is 66.4 Å². The van der Waals surface area contributed by atoms with Gasteiger partial charge in [0, 0.05) is 23.5 Å². The highest BCUT2D eigenvalue weighted by Crippen LogP contribution is 2.23. The van der Waals surface area contributed by atoms with Crippen molar-refractivity contribution in [3.63, 3.8) is 0 Å². The Morgan fingerprint density at radius 2 is 1.89 bits per heavy atom. The molecule has 0 spiro atoms. The molecule has 3 aromatic rings. The van der Waals surface area contributed by atoms with Crippen LogP contribution in [0.15, 0.2) is 65.8 Å². The fourth-order valence-corrected chi connectivity index (χ4v) is 3.26. The molecule has 1 aromatic heterocycles. The van der Waals surface area contributed by atoms with Crippen LogP contribution in [0.1, 0.15) is 12.5 Å². The van der Waals surface area contributed by atoms with E-state index in [-0.39, 0.29) is 18.3 Å². The van der Waals surface area contributed by atoms with Crippen LogP contribution in [0.2, 0.25) is 0 Å². The Bertz CT molecular complexity index is 1040. The second-order valence-electron chi connectivity index (χ2n) is 6.40. The molecular formula is C21H20N4O3. The first-order valence-electron chi connectivity index (χ1n) is 9.13. The largest absolute Gasteiger partial charge is 0.460 e. The number of aliphatic imine (C=N–C) groups is 1. The molecule has 0 fully saturated rings. The third kappa shape index (κ3) is 3.34. The first-order valence-corrected chi connectivity index (χ1v) is 9.13. The van der Waals surface area contributed by atoms with Crippen molar-refractivity contribution in [1.82, 2.24) is 10.4 Å². The molecule has 0 saturated carbocycles. The maximum absolute atomic E-state index is 13.1. The Hall–Kier alpha value is -3.61. The number of para-hydroxylation sites is 2. The van der Waals surface area contributed by atoms with Crippen LogP contribution >= 0.6 is 0 Å². The maximum atomic E-state index is 13.1. The minimum atomic E-state index is -0.736. The molecule has 7 nitrogen and oxygen atoms in total. The van der Waals surface area contributed by atoms with Gasteiger partial charge in [0.15, 0.2) is 0 Å². The number of hydrazine groups is 1. The highest BCUT2D eigenvalue weighted by atomic mass is 16.5. The maximum Gasteiger partial charge on any atom is 0.375 e. The van der Waals surface area contributed by atoms with E-state index in [0.29, 0.717) is 12.1 Å². The summed E-state index contributed by atoms with van der Waals surface area (Å²) in [5.41, 5.74) is 5.40. The standard InChI is InChI=1S/C21H20N4O3/c1-2-28-21(27)19-23-18(12-14-13-22-17-11-7-6-10-16(14)17)20(26)25(24-19)15-8-4-3-5-9-15/h3-11,13,18,22H,2,12H2,1H3,(H,23,24). The van der Waals surface area contributed by atoms with Gasteiger partial charge in [0.05, 0.1) is 12.3 Å². The second-order valence-corrected chi connectivity index (χ2v) is 6.40. The molecule has 1 unspecified atom stereocenters. The molecular weight excluding hydrogens is 356 g/mol. The Labute approximate surface area is 162 Å².